The van der Waals surface area contributed by atoms with E-state index in [1.165, 1.54) is 10.5 Å². The molecular weight excluding hydrogens is 226 g/mol. The maximum absolute atomic E-state index is 12.2. The molecule has 0 aliphatic heterocycles. The highest BCUT2D eigenvalue weighted by Gasteiger charge is 2.31. The van der Waals surface area contributed by atoms with E-state index in [0.29, 0.717) is 24.8 Å². The Bertz CT molecular complexity index is 462. The number of rotatable bonds is 5. The van der Waals surface area contributed by atoms with Gasteiger partial charge in [0.05, 0.1) is 6.20 Å². The molecule has 0 amide bonds. The highest BCUT2D eigenvalue weighted by molar-refractivity contribution is 7.89. The molecule has 0 spiro atoms. The van der Waals surface area contributed by atoms with Crippen LogP contribution in [0.3, 0.4) is 0 Å². The number of aromatic nitrogens is 2. The van der Waals surface area contributed by atoms with E-state index in [4.69, 9.17) is 0 Å². The summed E-state index contributed by atoms with van der Waals surface area (Å²) in [6, 6.07) is 0. The second-order valence-electron chi connectivity index (χ2n) is 4.23. The molecule has 1 aliphatic carbocycles. The number of aromatic amines is 1. The summed E-state index contributed by atoms with van der Waals surface area (Å²) < 4.78 is 25.9. The van der Waals surface area contributed by atoms with Crippen LogP contribution in [-0.2, 0) is 10.0 Å². The van der Waals surface area contributed by atoms with Gasteiger partial charge in [-0.15, -0.1) is 0 Å². The van der Waals surface area contributed by atoms with Crippen LogP contribution in [0, 0.1) is 12.8 Å². The summed E-state index contributed by atoms with van der Waals surface area (Å²) in [7, 11) is -3.37. The molecule has 0 unspecified atom stereocenters. The van der Waals surface area contributed by atoms with Crippen molar-refractivity contribution in [2.45, 2.75) is 31.7 Å². The van der Waals surface area contributed by atoms with Crippen LogP contribution in [0.5, 0.6) is 0 Å². The van der Waals surface area contributed by atoms with Crippen LogP contribution >= 0.6 is 0 Å². The highest BCUT2D eigenvalue weighted by Crippen LogP contribution is 2.31. The van der Waals surface area contributed by atoms with Crippen molar-refractivity contribution in [3.8, 4) is 0 Å². The molecule has 1 aromatic heterocycles. The summed E-state index contributed by atoms with van der Waals surface area (Å²) in [6.45, 7) is 4.76. The zero-order valence-electron chi connectivity index (χ0n) is 9.60. The Morgan fingerprint density at radius 2 is 2.25 bits per heavy atom. The standard InChI is InChI=1S/C10H17N3O2S/c1-3-13(7-9-4-5-9)16(14,15)10-6-11-8(2)12-10/h6,9H,3-5,7H2,1-2H3,(H,11,12). The van der Waals surface area contributed by atoms with Crippen molar-refractivity contribution in [1.29, 1.82) is 0 Å². The minimum Gasteiger partial charge on any atom is -0.332 e. The molecule has 1 aromatic rings. The quantitative estimate of drug-likeness (QED) is 0.843. The van der Waals surface area contributed by atoms with Gasteiger partial charge in [0.1, 0.15) is 5.82 Å². The van der Waals surface area contributed by atoms with E-state index in [9.17, 15) is 8.42 Å². The zero-order chi connectivity index (χ0) is 11.8. The van der Waals surface area contributed by atoms with Gasteiger partial charge in [-0.25, -0.2) is 13.4 Å². The van der Waals surface area contributed by atoms with Gasteiger partial charge < -0.3 is 4.98 Å². The van der Waals surface area contributed by atoms with Gasteiger partial charge >= 0.3 is 0 Å². The fourth-order valence-corrected chi connectivity index (χ4v) is 3.14. The Labute approximate surface area is 95.9 Å². The van der Waals surface area contributed by atoms with Crippen molar-refractivity contribution >= 4 is 10.0 Å². The lowest BCUT2D eigenvalue weighted by atomic mass is 10.4. The predicted molar refractivity (Wildman–Crippen MR) is 60.5 cm³/mol. The molecule has 1 fully saturated rings. The van der Waals surface area contributed by atoms with Crippen LogP contribution in [0.25, 0.3) is 0 Å². The molecule has 0 atom stereocenters. The first-order valence-electron chi connectivity index (χ1n) is 5.55. The summed E-state index contributed by atoms with van der Waals surface area (Å²) >= 11 is 0. The molecule has 1 N–H and O–H groups in total. The molecule has 16 heavy (non-hydrogen) atoms. The van der Waals surface area contributed by atoms with Crippen LogP contribution in [0.15, 0.2) is 11.2 Å². The van der Waals surface area contributed by atoms with Crippen molar-refractivity contribution in [1.82, 2.24) is 14.3 Å². The molecular formula is C10H17N3O2S. The van der Waals surface area contributed by atoms with E-state index in [-0.39, 0.29) is 5.03 Å². The van der Waals surface area contributed by atoms with E-state index >= 15 is 0 Å². The first-order valence-corrected chi connectivity index (χ1v) is 6.99. The maximum atomic E-state index is 12.2. The van der Waals surface area contributed by atoms with Gasteiger partial charge in [0.15, 0.2) is 5.03 Å². The molecule has 0 bridgehead atoms. The molecule has 1 aliphatic rings. The van der Waals surface area contributed by atoms with E-state index in [2.05, 4.69) is 9.97 Å². The number of hydrogen-bond donors (Lipinski definition) is 1. The number of hydrogen-bond acceptors (Lipinski definition) is 3. The third kappa shape index (κ3) is 2.27. The van der Waals surface area contributed by atoms with Crippen molar-refractivity contribution in [3.05, 3.63) is 12.0 Å². The fourth-order valence-electron chi connectivity index (χ4n) is 1.65. The van der Waals surface area contributed by atoms with Crippen LogP contribution in [0.1, 0.15) is 25.6 Å². The lowest BCUT2D eigenvalue weighted by Gasteiger charge is -2.18. The van der Waals surface area contributed by atoms with Crippen molar-refractivity contribution < 1.29 is 8.42 Å². The topological polar surface area (TPSA) is 66.1 Å². The average molecular weight is 243 g/mol. The van der Waals surface area contributed by atoms with Gasteiger partial charge in [-0.2, -0.15) is 4.31 Å². The van der Waals surface area contributed by atoms with Crippen molar-refractivity contribution in [3.63, 3.8) is 0 Å². The van der Waals surface area contributed by atoms with Crippen LogP contribution < -0.4 is 0 Å². The number of H-pyrrole nitrogens is 1. The normalized spacial score (nSPS) is 16.9. The molecule has 5 nitrogen and oxygen atoms in total. The largest absolute Gasteiger partial charge is 0.332 e. The summed E-state index contributed by atoms with van der Waals surface area (Å²) in [6.07, 6.45) is 3.68. The Morgan fingerprint density at radius 3 is 2.69 bits per heavy atom. The molecule has 0 radical (unpaired) electrons. The summed E-state index contributed by atoms with van der Waals surface area (Å²) in [5.74, 6) is 1.18. The Hall–Kier alpha value is -0.880. The molecule has 1 saturated carbocycles. The van der Waals surface area contributed by atoms with Gasteiger partial charge in [-0.3, -0.25) is 0 Å². The van der Waals surface area contributed by atoms with Gasteiger partial charge in [-0.1, -0.05) is 6.92 Å². The summed E-state index contributed by atoms with van der Waals surface area (Å²) in [5.41, 5.74) is 0. The Kier molecular flexibility index (Phi) is 3.03. The summed E-state index contributed by atoms with van der Waals surface area (Å²) in [4.78, 5) is 6.72. The second-order valence-corrected chi connectivity index (χ2v) is 6.14. The zero-order valence-corrected chi connectivity index (χ0v) is 10.4. The number of nitrogens with zero attached hydrogens (tertiary/aromatic N) is 2. The van der Waals surface area contributed by atoms with E-state index < -0.39 is 10.0 Å². The lowest BCUT2D eigenvalue weighted by Crippen LogP contribution is -2.33. The first kappa shape index (κ1) is 11.6. The number of sulfonamides is 1. The smallest absolute Gasteiger partial charge is 0.260 e. The lowest BCUT2D eigenvalue weighted by molar-refractivity contribution is 0.410. The third-order valence-electron chi connectivity index (χ3n) is 2.81. The number of aryl methyl sites for hydroxylation is 1. The first-order chi connectivity index (χ1) is 7.54. The molecule has 90 valence electrons. The predicted octanol–water partition coefficient (Wildman–Crippen LogP) is 1.14. The molecule has 0 saturated heterocycles. The minimum atomic E-state index is -3.37. The van der Waals surface area contributed by atoms with E-state index in [1.54, 1.807) is 6.92 Å². The van der Waals surface area contributed by atoms with Crippen molar-refractivity contribution in [2.24, 2.45) is 5.92 Å². The second kappa shape index (κ2) is 4.18. The molecule has 6 heteroatoms. The van der Waals surface area contributed by atoms with E-state index in [0.717, 1.165) is 12.8 Å². The highest BCUT2D eigenvalue weighted by atomic mass is 32.2. The SMILES string of the molecule is CCN(CC1CC1)S(=O)(=O)c1cnc(C)[nH]1. The molecule has 0 aromatic carbocycles. The van der Waals surface area contributed by atoms with Gasteiger partial charge in [0.2, 0.25) is 0 Å². The summed E-state index contributed by atoms with van der Waals surface area (Å²) in [5, 5.41) is 0.201. The molecule has 1 heterocycles. The monoisotopic (exact) mass is 243 g/mol. The van der Waals surface area contributed by atoms with Gasteiger partial charge in [-0.05, 0) is 25.7 Å². The number of imidazole rings is 1. The van der Waals surface area contributed by atoms with Crippen LogP contribution in [0.4, 0.5) is 0 Å². The fraction of sp³-hybridized carbons (Fsp3) is 0.700. The van der Waals surface area contributed by atoms with E-state index in [1.807, 2.05) is 6.92 Å². The maximum Gasteiger partial charge on any atom is 0.260 e. The van der Waals surface area contributed by atoms with Crippen LogP contribution in [0.2, 0.25) is 0 Å². The van der Waals surface area contributed by atoms with Gasteiger partial charge in [0.25, 0.3) is 10.0 Å². The minimum absolute atomic E-state index is 0.201. The van der Waals surface area contributed by atoms with Crippen LogP contribution in [-0.4, -0.2) is 35.8 Å². The third-order valence-corrected chi connectivity index (χ3v) is 4.66. The Morgan fingerprint density at radius 1 is 1.56 bits per heavy atom. The van der Waals surface area contributed by atoms with Crippen molar-refractivity contribution in [2.75, 3.05) is 13.1 Å². The number of nitrogens with one attached hydrogen (secondary N) is 1. The Balaban J connectivity index is 2.21. The average Bonchev–Trinajstić information content (AvgIpc) is 2.95. The van der Waals surface area contributed by atoms with Gasteiger partial charge in [0, 0.05) is 13.1 Å². The molecule has 2 rings (SSSR count).